The van der Waals surface area contributed by atoms with Gasteiger partial charge in [-0.05, 0) is 25.3 Å². The summed E-state index contributed by atoms with van der Waals surface area (Å²) in [5.74, 6) is 5.53. The van der Waals surface area contributed by atoms with Gasteiger partial charge >= 0.3 is 0 Å². The third kappa shape index (κ3) is 1.63. The van der Waals surface area contributed by atoms with E-state index in [0.717, 1.165) is 18.4 Å². The highest BCUT2D eigenvalue weighted by Crippen LogP contribution is 2.49. The number of carbonyl (C=O) groups excluding carboxylic acids is 1. The molecule has 1 saturated carbocycles. The Morgan fingerprint density at radius 3 is 2.27 bits per heavy atom. The number of hydrogen-bond donors (Lipinski definition) is 1. The van der Waals surface area contributed by atoms with Crippen molar-refractivity contribution in [2.24, 2.45) is 5.84 Å². The van der Waals surface area contributed by atoms with Gasteiger partial charge in [0.25, 0.3) is 0 Å². The second kappa shape index (κ2) is 3.35. The van der Waals surface area contributed by atoms with Gasteiger partial charge in [-0.2, -0.15) is 0 Å². The van der Waals surface area contributed by atoms with Gasteiger partial charge in [-0.25, -0.2) is 5.84 Å². The van der Waals surface area contributed by atoms with Gasteiger partial charge < -0.3 is 0 Å². The zero-order valence-corrected chi connectivity index (χ0v) is 9.16. The Bertz CT molecular complexity index is 377. The molecule has 0 saturated heterocycles. The fourth-order valence-corrected chi connectivity index (χ4v) is 1.96. The summed E-state index contributed by atoms with van der Waals surface area (Å²) in [7, 11) is 1.61. The monoisotopic (exact) mass is 204 g/mol. The first-order valence-corrected chi connectivity index (χ1v) is 5.16. The number of benzene rings is 1. The second-order valence-electron chi connectivity index (χ2n) is 4.36. The molecule has 0 heterocycles. The summed E-state index contributed by atoms with van der Waals surface area (Å²) in [6.07, 6.45) is 1.83. The molecular weight excluding hydrogens is 188 g/mol. The Hall–Kier alpha value is -1.35. The maximum atomic E-state index is 11.9. The Kier molecular flexibility index (Phi) is 2.27. The molecule has 2 rings (SSSR count). The summed E-state index contributed by atoms with van der Waals surface area (Å²) < 4.78 is 0. The molecule has 1 amide bonds. The number of rotatable bonds is 2. The highest BCUT2D eigenvalue weighted by atomic mass is 16.2. The molecule has 1 aromatic carbocycles. The molecule has 0 aromatic heterocycles. The summed E-state index contributed by atoms with van der Waals surface area (Å²) in [4.78, 5) is 11.9. The Balaban J connectivity index is 2.30. The van der Waals surface area contributed by atoms with Crippen molar-refractivity contribution in [2.45, 2.75) is 25.2 Å². The van der Waals surface area contributed by atoms with Crippen LogP contribution in [-0.2, 0) is 10.2 Å². The van der Waals surface area contributed by atoms with E-state index in [1.54, 1.807) is 7.05 Å². The topological polar surface area (TPSA) is 46.3 Å². The molecule has 0 radical (unpaired) electrons. The van der Waals surface area contributed by atoms with Crippen LogP contribution in [0.15, 0.2) is 24.3 Å². The number of amides is 1. The van der Waals surface area contributed by atoms with Gasteiger partial charge in [0.2, 0.25) is 5.91 Å². The predicted octanol–water partition coefficient (Wildman–Crippen LogP) is 1.36. The molecule has 1 aromatic rings. The number of hydrazine groups is 1. The molecule has 1 aliphatic carbocycles. The Morgan fingerprint density at radius 1 is 1.33 bits per heavy atom. The number of aryl methyl sites for hydroxylation is 1. The molecule has 0 spiro atoms. The van der Waals surface area contributed by atoms with Crippen molar-refractivity contribution >= 4 is 5.91 Å². The lowest BCUT2D eigenvalue weighted by Gasteiger charge is -2.19. The molecule has 0 atom stereocenters. The van der Waals surface area contributed by atoms with Crippen molar-refractivity contribution < 1.29 is 4.79 Å². The van der Waals surface area contributed by atoms with Crippen LogP contribution in [-0.4, -0.2) is 18.0 Å². The van der Waals surface area contributed by atoms with E-state index in [1.807, 2.05) is 31.2 Å². The van der Waals surface area contributed by atoms with Gasteiger partial charge in [0.05, 0.1) is 5.41 Å². The van der Waals surface area contributed by atoms with Gasteiger partial charge in [0.1, 0.15) is 0 Å². The maximum Gasteiger partial charge on any atom is 0.246 e. The number of carbonyl (C=O) groups is 1. The van der Waals surface area contributed by atoms with Gasteiger partial charge in [-0.15, -0.1) is 0 Å². The third-order valence-electron chi connectivity index (χ3n) is 3.08. The van der Waals surface area contributed by atoms with E-state index >= 15 is 0 Å². The minimum atomic E-state index is -0.322. The second-order valence-corrected chi connectivity index (χ2v) is 4.36. The fraction of sp³-hybridized carbons (Fsp3) is 0.417. The lowest BCUT2D eigenvalue weighted by atomic mass is 9.94. The molecule has 3 heteroatoms. The predicted molar refractivity (Wildman–Crippen MR) is 59.0 cm³/mol. The van der Waals surface area contributed by atoms with Gasteiger partial charge in [-0.3, -0.25) is 9.80 Å². The smallest absolute Gasteiger partial charge is 0.246 e. The van der Waals surface area contributed by atoms with Crippen LogP contribution in [0.3, 0.4) is 0 Å². The molecule has 0 bridgehead atoms. The minimum Gasteiger partial charge on any atom is -0.283 e. The molecule has 15 heavy (non-hydrogen) atoms. The van der Waals surface area contributed by atoms with Crippen LogP contribution in [0.25, 0.3) is 0 Å². The minimum absolute atomic E-state index is 0.0198. The summed E-state index contributed by atoms with van der Waals surface area (Å²) in [6, 6.07) is 8.14. The number of likely N-dealkylation sites (N-methyl/N-ethyl adjacent to an activating group) is 1. The van der Waals surface area contributed by atoms with E-state index in [-0.39, 0.29) is 11.3 Å². The SMILES string of the molecule is Cc1ccc(C2(C(=O)N(C)N)CC2)cc1. The van der Waals surface area contributed by atoms with Crippen molar-refractivity contribution in [1.82, 2.24) is 5.01 Å². The first-order valence-electron chi connectivity index (χ1n) is 5.16. The standard InChI is InChI=1S/C12H16N2O/c1-9-3-5-10(6-4-9)12(7-8-12)11(15)14(2)13/h3-6H,7-8,13H2,1-2H3. The normalized spacial score (nSPS) is 17.3. The van der Waals surface area contributed by atoms with Crippen molar-refractivity contribution in [1.29, 1.82) is 0 Å². The third-order valence-corrected chi connectivity index (χ3v) is 3.08. The molecule has 0 aliphatic heterocycles. The van der Waals surface area contributed by atoms with Gasteiger partial charge in [0.15, 0.2) is 0 Å². The molecule has 2 N–H and O–H groups in total. The van der Waals surface area contributed by atoms with Crippen LogP contribution in [0.2, 0.25) is 0 Å². The highest BCUT2D eigenvalue weighted by molar-refractivity contribution is 5.90. The van der Waals surface area contributed by atoms with E-state index in [1.165, 1.54) is 10.6 Å². The maximum absolute atomic E-state index is 11.9. The van der Waals surface area contributed by atoms with Crippen molar-refractivity contribution in [3.8, 4) is 0 Å². The molecule has 1 aliphatic rings. The molecule has 0 unspecified atom stereocenters. The van der Waals surface area contributed by atoms with Crippen LogP contribution in [0.1, 0.15) is 24.0 Å². The van der Waals surface area contributed by atoms with Crippen LogP contribution >= 0.6 is 0 Å². The van der Waals surface area contributed by atoms with E-state index in [2.05, 4.69) is 0 Å². The zero-order valence-electron chi connectivity index (χ0n) is 9.16. The quantitative estimate of drug-likeness (QED) is 0.449. The van der Waals surface area contributed by atoms with Crippen LogP contribution in [0, 0.1) is 6.92 Å². The average Bonchev–Trinajstić information content (AvgIpc) is 2.99. The molecular formula is C12H16N2O. The van der Waals surface area contributed by atoms with E-state index in [9.17, 15) is 4.79 Å². The average molecular weight is 204 g/mol. The largest absolute Gasteiger partial charge is 0.283 e. The number of hydrogen-bond acceptors (Lipinski definition) is 2. The first kappa shape index (κ1) is 10.2. The van der Waals surface area contributed by atoms with E-state index < -0.39 is 0 Å². The van der Waals surface area contributed by atoms with E-state index in [4.69, 9.17) is 5.84 Å². The molecule has 1 fully saturated rings. The first-order chi connectivity index (χ1) is 7.06. The van der Waals surface area contributed by atoms with E-state index in [0.29, 0.717) is 0 Å². The fourth-order valence-electron chi connectivity index (χ4n) is 1.96. The zero-order chi connectivity index (χ0) is 11.1. The lowest BCUT2D eigenvalue weighted by molar-refractivity contribution is -0.132. The number of nitrogens with two attached hydrogens (primary N) is 1. The van der Waals surface area contributed by atoms with Gasteiger partial charge in [0, 0.05) is 7.05 Å². The molecule has 3 nitrogen and oxygen atoms in total. The highest BCUT2D eigenvalue weighted by Gasteiger charge is 2.52. The summed E-state index contributed by atoms with van der Waals surface area (Å²) in [6.45, 7) is 2.04. The van der Waals surface area contributed by atoms with Crippen LogP contribution in [0.4, 0.5) is 0 Å². The Labute approximate surface area is 89.8 Å². The summed E-state index contributed by atoms with van der Waals surface area (Å²) in [5.41, 5.74) is 1.98. The van der Waals surface area contributed by atoms with Crippen LogP contribution < -0.4 is 5.84 Å². The van der Waals surface area contributed by atoms with Crippen molar-refractivity contribution in [3.05, 3.63) is 35.4 Å². The van der Waals surface area contributed by atoms with Crippen molar-refractivity contribution in [3.63, 3.8) is 0 Å². The summed E-state index contributed by atoms with van der Waals surface area (Å²) >= 11 is 0. The van der Waals surface area contributed by atoms with Crippen molar-refractivity contribution in [2.75, 3.05) is 7.05 Å². The Morgan fingerprint density at radius 2 is 1.87 bits per heavy atom. The van der Waals surface area contributed by atoms with Crippen LogP contribution in [0.5, 0.6) is 0 Å². The summed E-state index contributed by atoms with van der Waals surface area (Å²) in [5, 5.41) is 1.20. The number of nitrogens with zero attached hydrogens (tertiary/aromatic N) is 1. The lowest BCUT2D eigenvalue weighted by Crippen LogP contribution is -2.41. The van der Waals surface area contributed by atoms with Gasteiger partial charge in [-0.1, -0.05) is 29.8 Å². The molecule has 80 valence electrons.